The lowest BCUT2D eigenvalue weighted by Crippen LogP contribution is -2.38. The van der Waals surface area contributed by atoms with Gasteiger partial charge in [0.2, 0.25) is 0 Å². The molecule has 1 aliphatic heterocycles. The van der Waals surface area contributed by atoms with Crippen molar-refractivity contribution in [3.05, 3.63) is 48.8 Å². The summed E-state index contributed by atoms with van der Waals surface area (Å²) in [5.41, 5.74) is 0. The van der Waals surface area contributed by atoms with E-state index in [2.05, 4.69) is 20.1 Å². The van der Waals surface area contributed by atoms with Crippen LogP contribution in [-0.2, 0) is 23.7 Å². The van der Waals surface area contributed by atoms with E-state index in [4.69, 9.17) is 9.26 Å². The highest BCUT2D eigenvalue weighted by Gasteiger charge is 2.33. The van der Waals surface area contributed by atoms with Gasteiger partial charge in [0.25, 0.3) is 15.9 Å². The maximum atomic E-state index is 12.6. The molecule has 1 saturated heterocycles. The Labute approximate surface area is 162 Å². The summed E-state index contributed by atoms with van der Waals surface area (Å²) in [5, 5.41) is 4.11. The Bertz CT molecular complexity index is 1020. The number of hydrogen-bond acceptors (Lipinski definition) is 8. The van der Waals surface area contributed by atoms with Gasteiger partial charge in [0.1, 0.15) is 5.75 Å². The lowest BCUT2D eigenvalue weighted by Gasteiger charge is -2.29. The van der Waals surface area contributed by atoms with Gasteiger partial charge in [-0.15, -0.1) is 0 Å². The minimum atomic E-state index is -3.57. The van der Waals surface area contributed by atoms with Crippen molar-refractivity contribution in [2.45, 2.75) is 30.4 Å². The van der Waals surface area contributed by atoms with Crippen LogP contribution in [0.4, 0.5) is 0 Å². The van der Waals surface area contributed by atoms with Gasteiger partial charge < -0.3 is 13.8 Å². The topological polar surface area (TPSA) is 116 Å². The number of rotatable bonds is 6. The molecule has 0 atom stereocenters. The largest absolute Gasteiger partial charge is 0.482 e. The van der Waals surface area contributed by atoms with Crippen LogP contribution in [0.2, 0.25) is 0 Å². The molecule has 0 N–H and O–H groups in total. The summed E-state index contributed by atoms with van der Waals surface area (Å²) in [6.45, 7) is 0.935. The fraction of sp³-hybridized carbons (Fsp3) is 0.412. The number of aromatic nitrogens is 5. The molecule has 11 heteroatoms. The van der Waals surface area contributed by atoms with Crippen LogP contribution in [0.5, 0.6) is 5.75 Å². The second kappa shape index (κ2) is 7.68. The zero-order valence-electron chi connectivity index (χ0n) is 15.3. The van der Waals surface area contributed by atoms with E-state index in [0.717, 1.165) is 0 Å². The van der Waals surface area contributed by atoms with Crippen LogP contribution >= 0.6 is 0 Å². The Morgan fingerprint density at radius 2 is 2.14 bits per heavy atom. The molecule has 0 unspecified atom stereocenters. The SMILES string of the molecule is Cn1cnc(S(=O)(=O)N2CCC(c3noc(COc4cccnc4)n3)CC2)c1. The maximum absolute atomic E-state index is 12.6. The third-order valence-electron chi connectivity index (χ3n) is 4.58. The zero-order chi connectivity index (χ0) is 19.6. The molecule has 0 spiro atoms. The quantitative estimate of drug-likeness (QED) is 0.604. The fourth-order valence-corrected chi connectivity index (χ4v) is 4.51. The van der Waals surface area contributed by atoms with Crippen LogP contribution in [0, 0.1) is 0 Å². The van der Waals surface area contributed by atoms with Crippen LogP contribution in [0.1, 0.15) is 30.5 Å². The summed E-state index contributed by atoms with van der Waals surface area (Å²) in [7, 11) is -1.83. The van der Waals surface area contributed by atoms with E-state index in [1.165, 1.54) is 16.8 Å². The average molecular weight is 404 g/mol. The molecule has 0 aromatic carbocycles. The first-order chi connectivity index (χ1) is 13.5. The van der Waals surface area contributed by atoms with Crippen molar-refractivity contribution < 1.29 is 17.7 Å². The van der Waals surface area contributed by atoms with Gasteiger partial charge in [-0.2, -0.15) is 9.29 Å². The predicted molar refractivity (Wildman–Crippen MR) is 96.8 cm³/mol. The number of hydrogen-bond donors (Lipinski definition) is 0. The van der Waals surface area contributed by atoms with E-state index in [9.17, 15) is 8.42 Å². The van der Waals surface area contributed by atoms with E-state index in [-0.39, 0.29) is 17.6 Å². The number of pyridine rings is 1. The van der Waals surface area contributed by atoms with Crippen LogP contribution < -0.4 is 4.74 Å². The highest BCUT2D eigenvalue weighted by molar-refractivity contribution is 7.89. The van der Waals surface area contributed by atoms with Crippen molar-refractivity contribution in [3.8, 4) is 5.75 Å². The number of imidazole rings is 1. The minimum Gasteiger partial charge on any atom is -0.482 e. The Balaban J connectivity index is 1.35. The molecule has 28 heavy (non-hydrogen) atoms. The third kappa shape index (κ3) is 3.90. The number of piperidine rings is 1. The van der Waals surface area contributed by atoms with E-state index >= 15 is 0 Å². The summed E-state index contributed by atoms with van der Waals surface area (Å²) in [6, 6.07) is 3.57. The first-order valence-corrected chi connectivity index (χ1v) is 10.3. The van der Waals surface area contributed by atoms with Crippen molar-refractivity contribution >= 4 is 10.0 Å². The van der Waals surface area contributed by atoms with E-state index in [1.54, 1.807) is 36.1 Å². The van der Waals surface area contributed by atoms with Crippen LogP contribution in [0.3, 0.4) is 0 Å². The summed E-state index contributed by atoms with van der Waals surface area (Å²) >= 11 is 0. The van der Waals surface area contributed by atoms with Crippen molar-refractivity contribution in [2.24, 2.45) is 7.05 Å². The molecule has 0 bridgehead atoms. The molecule has 0 saturated carbocycles. The normalized spacial score (nSPS) is 16.3. The number of nitrogens with zero attached hydrogens (tertiary/aromatic N) is 6. The molecule has 0 radical (unpaired) electrons. The molecule has 4 rings (SSSR count). The molecule has 148 valence electrons. The van der Waals surface area contributed by atoms with Gasteiger partial charge in [0, 0.05) is 38.4 Å². The Morgan fingerprint density at radius 1 is 1.32 bits per heavy atom. The fourth-order valence-electron chi connectivity index (χ4n) is 3.08. The molecule has 0 amide bonds. The second-order valence-electron chi connectivity index (χ2n) is 6.58. The van der Waals surface area contributed by atoms with Gasteiger partial charge in [-0.3, -0.25) is 4.98 Å². The molecular formula is C17H20N6O4S. The summed E-state index contributed by atoms with van der Waals surface area (Å²) in [5.74, 6) is 1.63. The summed E-state index contributed by atoms with van der Waals surface area (Å²) in [4.78, 5) is 12.3. The predicted octanol–water partition coefficient (Wildman–Crippen LogP) is 1.35. The van der Waals surface area contributed by atoms with Crippen LogP contribution in [-0.4, -0.2) is 50.5 Å². The van der Waals surface area contributed by atoms with Gasteiger partial charge in [-0.1, -0.05) is 5.16 Å². The third-order valence-corrected chi connectivity index (χ3v) is 6.37. The molecule has 1 fully saturated rings. The van der Waals surface area contributed by atoms with Gasteiger partial charge in [0.15, 0.2) is 17.5 Å². The average Bonchev–Trinajstić information content (AvgIpc) is 3.37. The summed E-state index contributed by atoms with van der Waals surface area (Å²) in [6.07, 6.45) is 7.50. The molecule has 3 aromatic heterocycles. The smallest absolute Gasteiger partial charge is 0.264 e. The summed E-state index contributed by atoms with van der Waals surface area (Å²) < 4.78 is 39.2. The monoisotopic (exact) mass is 404 g/mol. The van der Waals surface area contributed by atoms with Crippen molar-refractivity contribution in [3.63, 3.8) is 0 Å². The van der Waals surface area contributed by atoms with E-state index in [0.29, 0.717) is 43.4 Å². The van der Waals surface area contributed by atoms with Crippen molar-refractivity contribution in [2.75, 3.05) is 13.1 Å². The molecule has 3 aromatic rings. The maximum Gasteiger partial charge on any atom is 0.264 e. The highest BCUT2D eigenvalue weighted by Crippen LogP contribution is 2.29. The number of sulfonamides is 1. The van der Waals surface area contributed by atoms with Crippen molar-refractivity contribution in [1.82, 2.24) is 29.0 Å². The van der Waals surface area contributed by atoms with E-state index < -0.39 is 10.0 Å². The molecule has 0 aliphatic carbocycles. The standard InChI is InChI=1S/C17H20N6O4S/c1-22-10-16(19-12-22)28(24,25)23-7-4-13(5-8-23)17-20-15(27-21-17)11-26-14-3-2-6-18-9-14/h2-3,6,9-10,12-13H,4-5,7-8,11H2,1H3. The van der Waals surface area contributed by atoms with Gasteiger partial charge in [0.05, 0.1) is 12.5 Å². The van der Waals surface area contributed by atoms with Crippen molar-refractivity contribution in [1.29, 1.82) is 0 Å². The Hall–Kier alpha value is -2.79. The number of aryl methyl sites for hydroxylation is 1. The van der Waals surface area contributed by atoms with Crippen LogP contribution in [0.25, 0.3) is 0 Å². The highest BCUT2D eigenvalue weighted by atomic mass is 32.2. The molecule has 10 nitrogen and oxygen atoms in total. The van der Waals surface area contributed by atoms with Crippen LogP contribution in [0.15, 0.2) is 46.6 Å². The Morgan fingerprint density at radius 3 is 2.82 bits per heavy atom. The second-order valence-corrected chi connectivity index (χ2v) is 8.46. The van der Waals surface area contributed by atoms with E-state index in [1.807, 2.05) is 0 Å². The Kier molecular flexibility index (Phi) is 5.09. The molecule has 4 heterocycles. The first kappa shape index (κ1) is 18.6. The minimum absolute atomic E-state index is 0.0473. The van der Waals surface area contributed by atoms with Gasteiger partial charge in [-0.05, 0) is 25.0 Å². The lowest BCUT2D eigenvalue weighted by molar-refractivity contribution is 0.241. The molecular weight excluding hydrogens is 384 g/mol. The van der Waals surface area contributed by atoms with Gasteiger partial charge in [-0.25, -0.2) is 13.4 Å². The van der Waals surface area contributed by atoms with Gasteiger partial charge >= 0.3 is 0 Å². The zero-order valence-corrected chi connectivity index (χ0v) is 16.1. The number of ether oxygens (including phenoxy) is 1. The lowest BCUT2D eigenvalue weighted by atomic mass is 9.98. The molecule has 1 aliphatic rings. The first-order valence-electron chi connectivity index (χ1n) is 8.86.